The van der Waals surface area contributed by atoms with Crippen molar-refractivity contribution < 1.29 is 14.3 Å². The molecule has 0 saturated carbocycles. The summed E-state index contributed by atoms with van der Waals surface area (Å²) in [6, 6.07) is 0.340. The number of rotatable bonds is 5. The summed E-state index contributed by atoms with van der Waals surface area (Å²) in [6.07, 6.45) is 6.77. The summed E-state index contributed by atoms with van der Waals surface area (Å²) in [5.74, 6) is -0.195. The van der Waals surface area contributed by atoms with Crippen molar-refractivity contribution in [1.82, 2.24) is 20.2 Å². The maximum absolute atomic E-state index is 12.3. The van der Waals surface area contributed by atoms with Crippen molar-refractivity contribution in [3.05, 3.63) is 24.3 Å². The first-order valence-electron chi connectivity index (χ1n) is 7.71. The van der Waals surface area contributed by atoms with Gasteiger partial charge in [-0.3, -0.25) is 14.7 Å². The number of likely N-dealkylation sites (tertiary alicyclic amines) is 1. The van der Waals surface area contributed by atoms with Gasteiger partial charge in [-0.25, -0.2) is 4.98 Å². The van der Waals surface area contributed by atoms with Crippen LogP contribution in [-0.4, -0.2) is 72.4 Å². The van der Waals surface area contributed by atoms with E-state index in [1.165, 1.54) is 12.4 Å². The van der Waals surface area contributed by atoms with E-state index in [9.17, 15) is 4.79 Å². The Morgan fingerprint density at radius 1 is 1.55 bits per heavy atom. The van der Waals surface area contributed by atoms with E-state index in [2.05, 4.69) is 20.2 Å². The predicted octanol–water partition coefficient (Wildman–Crippen LogP) is 0.0846. The molecule has 7 heteroatoms. The van der Waals surface area contributed by atoms with Gasteiger partial charge in [-0.2, -0.15) is 0 Å². The number of carbonyl (C=O) groups is 1. The number of hydrogen-bond donors (Lipinski definition) is 1. The Morgan fingerprint density at radius 3 is 3.23 bits per heavy atom. The zero-order chi connectivity index (χ0) is 15.4. The van der Waals surface area contributed by atoms with Gasteiger partial charge in [0.25, 0.3) is 5.91 Å². The maximum atomic E-state index is 12.3. The summed E-state index contributed by atoms with van der Waals surface area (Å²) in [7, 11) is 1.71. The fourth-order valence-corrected chi connectivity index (χ4v) is 3.31. The molecule has 0 unspecified atom stereocenters. The van der Waals surface area contributed by atoms with Gasteiger partial charge in [0.2, 0.25) is 0 Å². The van der Waals surface area contributed by atoms with E-state index in [0.717, 1.165) is 32.5 Å². The highest BCUT2D eigenvalue weighted by atomic mass is 16.5. The van der Waals surface area contributed by atoms with Crippen LogP contribution in [0, 0.1) is 0 Å². The van der Waals surface area contributed by atoms with E-state index < -0.39 is 0 Å². The van der Waals surface area contributed by atoms with Crippen LogP contribution in [0.3, 0.4) is 0 Å². The summed E-state index contributed by atoms with van der Waals surface area (Å²) in [5.41, 5.74) is 0.338. The van der Waals surface area contributed by atoms with Crippen molar-refractivity contribution in [3.63, 3.8) is 0 Å². The van der Waals surface area contributed by atoms with Crippen LogP contribution in [-0.2, 0) is 9.47 Å². The number of hydrogen-bond acceptors (Lipinski definition) is 6. The van der Waals surface area contributed by atoms with Gasteiger partial charge in [0.05, 0.1) is 24.9 Å². The molecule has 2 aliphatic rings. The van der Waals surface area contributed by atoms with E-state index in [1.807, 2.05) is 0 Å². The molecule has 1 aromatic heterocycles. The third-order valence-electron chi connectivity index (χ3n) is 4.33. The van der Waals surface area contributed by atoms with Crippen molar-refractivity contribution >= 4 is 5.91 Å². The van der Waals surface area contributed by atoms with Crippen molar-refractivity contribution in [1.29, 1.82) is 0 Å². The quantitative estimate of drug-likeness (QED) is 0.830. The summed E-state index contributed by atoms with van der Waals surface area (Å²) in [4.78, 5) is 22.6. The lowest BCUT2D eigenvalue weighted by Gasteiger charge is -2.32. The van der Waals surface area contributed by atoms with Crippen LogP contribution in [0.2, 0.25) is 0 Å². The molecule has 120 valence electrons. The second-order valence-electron chi connectivity index (χ2n) is 5.70. The molecule has 2 aliphatic heterocycles. The lowest BCUT2D eigenvalue weighted by atomic mass is 10.0. The minimum atomic E-state index is -0.195. The van der Waals surface area contributed by atoms with E-state index in [4.69, 9.17) is 9.47 Å². The molecule has 1 amide bonds. The molecular weight excluding hydrogens is 284 g/mol. The molecule has 7 nitrogen and oxygen atoms in total. The van der Waals surface area contributed by atoms with Crippen molar-refractivity contribution in [2.24, 2.45) is 0 Å². The number of methoxy groups -OCH3 is 1. The summed E-state index contributed by atoms with van der Waals surface area (Å²) < 4.78 is 11.1. The number of aromatic nitrogens is 2. The second-order valence-corrected chi connectivity index (χ2v) is 5.70. The molecule has 0 aliphatic carbocycles. The molecule has 3 rings (SSSR count). The monoisotopic (exact) mass is 306 g/mol. The fraction of sp³-hybridized carbons (Fsp3) is 0.667. The van der Waals surface area contributed by atoms with Gasteiger partial charge in [-0.15, -0.1) is 0 Å². The first-order chi connectivity index (χ1) is 10.8. The standard InChI is InChI=1S/C15H22N4O3/c1-21-8-6-19-10-12(14-13(19)3-2-7-22-14)18-15(20)11-9-16-4-5-17-11/h4-5,9,12-14H,2-3,6-8,10H2,1H3,(H,18,20)/t12-,13-,14-/m1/s1. The van der Waals surface area contributed by atoms with Crippen LogP contribution in [0.1, 0.15) is 23.3 Å². The van der Waals surface area contributed by atoms with Crippen LogP contribution >= 0.6 is 0 Å². The SMILES string of the molecule is COCCN1C[C@@H](NC(=O)c2cnccn2)[C@H]2OCCC[C@H]21. The third-order valence-corrected chi connectivity index (χ3v) is 4.33. The Bertz CT molecular complexity index is 499. The smallest absolute Gasteiger partial charge is 0.271 e. The molecule has 1 N–H and O–H groups in total. The average molecular weight is 306 g/mol. The number of amides is 1. The molecular formula is C15H22N4O3. The fourth-order valence-electron chi connectivity index (χ4n) is 3.31. The largest absolute Gasteiger partial charge is 0.383 e. The predicted molar refractivity (Wildman–Crippen MR) is 79.5 cm³/mol. The van der Waals surface area contributed by atoms with Gasteiger partial charge < -0.3 is 14.8 Å². The second kappa shape index (κ2) is 7.13. The molecule has 0 bridgehead atoms. The highest BCUT2D eigenvalue weighted by Crippen LogP contribution is 2.28. The van der Waals surface area contributed by atoms with Gasteiger partial charge >= 0.3 is 0 Å². The zero-order valence-electron chi connectivity index (χ0n) is 12.8. The molecule has 0 aromatic carbocycles. The van der Waals surface area contributed by atoms with E-state index in [0.29, 0.717) is 18.3 Å². The van der Waals surface area contributed by atoms with E-state index in [-0.39, 0.29) is 18.1 Å². The number of nitrogens with zero attached hydrogens (tertiary/aromatic N) is 3. The minimum absolute atomic E-state index is 0.0170. The van der Waals surface area contributed by atoms with Crippen LogP contribution in [0.25, 0.3) is 0 Å². The lowest BCUT2D eigenvalue weighted by Crippen LogP contribution is -2.47. The van der Waals surface area contributed by atoms with Gasteiger partial charge in [0.15, 0.2) is 0 Å². The van der Waals surface area contributed by atoms with Crippen LogP contribution in [0.5, 0.6) is 0 Å². The Hall–Kier alpha value is -1.57. The number of nitrogens with one attached hydrogen (secondary N) is 1. The molecule has 1 aromatic rings. The van der Waals surface area contributed by atoms with Crippen molar-refractivity contribution in [3.8, 4) is 0 Å². The molecule has 22 heavy (non-hydrogen) atoms. The lowest BCUT2D eigenvalue weighted by molar-refractivity contribution is -0.0225. The normalized spacial score (nSPS) is 28.3. The van der Waals surface area contributed by atoms with Gasteiger partial charge in [0.1, 0.15) is 5.69 Å². The molecule has 0 spiro atoms. The number of ether oxygens (including phenoxy) is 2. The van der Waals surface area contributed by atoms with Crippen LogP contribution in [0.15, 0.2) is 18.6 Å². The zero-order valence-corrected chi connectivity index (χ0v) is 12.8. The van der Waals surface area contributed by atoms with Gasteiger partial charge in [-0.1, -0.05) is 0 Å². The molecule has 0 radical (unpaired) electrons. The summed E-state index contributed by atoms with van der Waals surface area (Å²) in [5, 5.41) is 3.05. The topological polar surface area (TPSA) is 76.6 Å². The maximum Gasteiger partial charge on any atom is 0.271 e. The highest BCUT2D eigenvalue weighted by molar-refractivity contribution is 5.92. The third kappa shape index (κ3) is 3.26. The molecule has 3 heterocycles. The van der Waals surface area contributed by atoms with Gasteiger partial charge in [0, 0.05) is 45.2 Å². The highest BCUT2D eigenvalue weighted by Gasteiger charge is 2.44. The summed E-state index contributed by atoms with van der Waals surface area (Å²) >= 11 is 0. The average Bonchev–Trinajstić information content (AvgIpc) is 2.92. The first-order valence-corrected chi connectivity index (χ1v) is 7.71. The number of carbonyl (C=O) groups excluding carboxylic acids is 1. The first kappa shape index (κ1) is 15.3. The molecule has 2 saturated heterocycles. The summed E-state index contributed by atoms with van der Waals surface area (Å²) in [6.45, 7) is 3.09. The van der Waals surface area contributed by atoms with Crippen LogP contribution < -0.4 is 5.32 Å². The Labute approximate surface area is 130 Å². The van der Waals surface area contributed by atoms with Crippen molar-refractivity contribution in [2.45, 2.75) is 31.0 Å². The minimum Gasteiger partial charge on any atom is -0.383 e. The van der Waals surface area contributed by atoms with E-state index >= 15 is 0 Å². The molecule has 2 fully saturated rings. The van der Waals surface area contributed by atoms with Crippen LogP contribution in [0.4, 0.5) is 0 Å². The van der Waals surface area contributed by atoms with Gasteiger partial charge in [-0.05, 0) is 12.8 Å². The van der Waals surface area contributed by atoms with E-state index in [1.54, 1.807) is 13.3 Å². The Morgan fingerprint density at radius 2 is 2.45 bits per heavy atom. The Balaban J connectivity index is 1.66. The number of fused-ring (bicyclic) bond motifs is 1. The van der Waals surface area contributed by atoms with Crippen molar-refractivity contribution in [2.75, 3.05) is 33.4 Å². The molecule has 3 atom stereocenters. The Kier molecular flexibility index (Phi) is 4.97.